The Labute approximate surface area is 189 Å². The number of aromatic nitrogens is 6. The molecule has 158 valence electrons. The van der Waals surface area contributed by atoms with Crippen molar-refractivity contribution in [1.82, 2.24) is 30.1 Å². The third kappa shape index (κ3) is 3.56. The molecule has 0 unspecified atom stereocenters. The number of rotatable bonds is 6. The normalized spacial score (nSPS) is 11.9. The number of nitrogens with one attached hydrogen (secondary N) is 2. The first-order valence-electron chi connectivity index (χ1n) is 10.4. The van der Waals surface area contributed by atoms with Crippen LogP contribution in [-0.2, 0) is 6.42 Å². The second kappa shape index (κ2) is 8.36. The van der Waals surface area contributed by atoms with Crippen molar-refractivity contribution in [2.75, 3.05) is 0 Å². The van der Waals surface area contributed by atoms with Crippen LogP contribution in [0.4, 0.5) is 0 Å². The first kappa shape index (κ1) is 20.1. The first-order valence-corrected chi connectivity index (χ1v) is 11.3. The molecule has 0 spiro atoms. The molecule has 5 aromatic rings. The Morgan fingerprint density at radius 1 is 1.22 bits per heavy atom. The van der Waals surface area contributed by atoms with E-state index in [4.69, 9.17) is 4.98 Å². The van der Waals surface area contributed by atoms with Crippen LogP contribution < -0.4 is 0 Å². The van der Waals surface area contributed by atoms with Crippen LogP contribution >= 0.6 is 11.3 Å². The van der Waals surface area contributed by atoms with Crippen LogP contribution in [0.25, 0.3) is 39.3 Å². The van der Waals surface area contributed by atoms with Crippen molar-refractivity contribution in [3.8, 4) is 22.8 Å². The van der Waals surface area contributed by atoms with E-state index in [0.29, 0.717) is 5.82 Å². The van der Waals surface area contributed by atoms with E-state index in [9.17, 15) is 0 Å². The minimum atomic E-state index is 0.716. The quantitative estimate of drug-likeness (QED) is 0.320. The Morgan fingerprint density at radius 2 is 2.12 bits per heavy atom. The van der Waals surface area contributed by atoms with Crippen LogP contribution in [0.5, 0.6) is 0 Å². The number of hydrogen-bond donors (Lipinski definition) is 2. The predicted molar refractivity (Wildman–Crippen MR) is 130 cm³/mol. The second-order valence-electron chi connectivity index (χ2n) is 7.48. The van der Waals surface area contributed by atoms with Gasteiger partial charge in [-0.1, -0.05) is 31.7 Å². The summed E-state index contributed by atoms with van der Waals surface area (Å²) in [5.41, 5.74) is 7.57. The highest BCUT2D eigenvalue weighted by Crippen LogP contribution is 2.32. The van der Waals surface area contributed by atoms with Gasteiger partial charge in [-0.05, 0) is 42.5 Å². The third-order valence-corrected chi connectivity index (χ3v) is 6.28. The predicted octanol–water partition coefficient (Wildman–Crippen LogP) is 5.96. The van der Waals surface area contributed by atoms with Gasteiger partial charge < -0.3 is 4.98 Å². The fourth-order valence-electron chi connectivity index (χ4n) is 3.74. The highest BCUT2D eigenvalue weighted by molar-refractivity contribution is 7.11. The van der Waals surface area contributed by atoms with Crippen LogP contribution in [0.1, 0.15) is 28.8 Å². The van der Waals surface area contributed by atoms with Crippen molar-refractivity contribution >= 4 is 27.8 Å². The molecule has 32 heavy (non-hydrogen) atoms. The van der Waals surface area contributed by atoms with Gasteiger partial charge in [0.2, 0.25) is 0 Å². The molecule has 0 amide bonds. The number of hydrogen-bond acceptors (Lipinski definition) is 5. The van der Waals surface area contributed by atoms with Crippen molar-refractivity contribution in [3.63, 3.8) is 0 Å². The monoisotopic (exact) mass is 438 g/mol. The summed E-state index contributed by atoms with van der Waals surface area (Å²) in [6.45, 7) is 8.02. The fourth-order valence-corrected chi connectivity index (χ4v) is 4.49. The highest BCUT2D eigenvalue weighted by Gasteiger charge is 2.18. The summed E-state index contributed by atoms with van der Waals surface area (Å²) in [5.74, 6) is 0.716. The van der Waals surface area contributed by atoms with E-state index in [-0.39, 0.29) is 0 Å². The first-order chi connectivity index (χ1) is 15.7. The summed E-state index contributed by atoms with van der Waals surface area (Å²) in [5, 5.41) is 10.7. The number of allylic oxidation sites excluding steroid dienone is 2. The van der Waals surface area contributed by atoms with Gasteiger partial charge in [-0.25, -0.2) is 4.98 Å². The van der Waals surface area contributed by atoms with Gasteiger partial charge >= 0.3 is 0 Å². The van der Waals surface area contributed by atoms with Gasteiger partial charge in [-0.2, -0.15) is 5.10 Å². The van der Waals surface area contributed by atoms with Gasteiger partial charge in [0.05, 0.1) is 23.1 Å². The summed E-state index contributed by atoms with van der Waals surface area (Å²) in [4.78, 5) is 18.5. The maximum atomic E-state index is 4.93. The van der Waals surface area contributed by atoms with Gasteiger partial charge in [-0.3, -0.25) is 15.1 Å². The lowest BCUT2D eigenvalue weighted by atomic mass is 10.1. The number of imidazole rings is 1. The summed E-state index contributed by atoms with van der Waals surface area (Å²) in [6, 6.07) is 8.30. The number of fused-ring (bicyclic) bond motifs is 1. The Bertz CT molecular complexity index is 1440. The molecule has 0 radical (unpaired) electrons. The molecular weight excluding hydrogens is 416 g/mol. The minimum Gasteiger partial charge on any atom is -0.340 e. The smallest absolute Gasteiger partial charge is 0.159 e. The second-order valence-corrected chi connectivity index (χ2v) is 8.42. The number of nitrogens with zero attached hydrogens (tertiary/aromatic N) is 4. The molecule has 0 saturated carbocycles. The molecule has 0 bridgehead atoms. The average Bonchev–Trinajstić information content (AvgIpc) is 3.57. The highest BCUT2D eigenvalue weighted by atomic mass is 32.1. The molecule has 5 aromatic heterocycles. The van der Waals surface area contributed by atoms with Crippen LogP contribution in [0.2, 0.25) is 0 Å². The topological polar surface area (TPSA) is 83.1 Å². The van der Waals surface area contributed by atoms with E-state index < -0.39 is 0 Å². The number of H-pyrrole nitrogens is 2. The third-order valence-electron chi connectivity index (χ3n) is 5.38. The van der Waals surface area contributed by atoms with Crippen molar-refractivity contribution in [1.29, 1.82) is 0 Å². The van der Waals surface area contributed by atoms with Gasteiger partial charge in [0.15, 0.2) is 5.82 Å². The zero-order chi connectivity index (χ0) is 22.1. The summed E-state index contributed by atoms with van der Waals surface area (Å²) < 4.78 is 0. The molecule has 5 heterocycles. The number of pyridine rings is 2. The summed E-state index contributed by atoms with van der Waals surface area (Å²) >= 11 is 1.68. The lowest BCUT2D eigenvalue weighted by molar-refractivity contribution is 1.09. The van der Waals surface area contributed by atoms with E-state index in [1.54, 1.807) is 17.4 Å². The van der Waals surface area contributed by atoms with E-state index in [1.165, 1.54) is 5.56 Å². The van der Waals surface area contributed by atoms with E-state index in [1.807, 2.05) is 43.7 Å². The molecule has 0 aromatic carbocycles. The largest absolute Gasteiger partial charge is 0.340 e. The van der Waals surface area contributed by atoms with Crippen molar-refractivity contribution in [2.24, 2.45) is 0 Å². The average molecular weight is 439 g/mol. The zero-order valence-electron chi connectivity index (χ0n) is 17.9. The molecule has 5 rings (SSSR count). The lowest BCUT2D eigenvalue weighted by Crippen LogP contribution is -1.89. The Kier molecular flexibility index (Phi) is 5.25. The number of aryl methyl sites for hydroxylation is 2. The van der Waals surface area contributed by atoms with Gasteiger partial charge in [0.1, 0.15) is 5.69 Å². The summed E-state index contributed by atoms with van der Waals surface area (Å²) in [7, 11) is 0. The number of aromatic amines is 2. The van der Waals surface area contributed by atoms with Crippen molar-refractivity contribution in [3.05, 3.63) is 88.8 Å². The Hall–Kier alpha value is -3.84. The molecule has 0 atom stereocenters. The van der Waals surface area contributed by atoms with Crippen LogP contribution in [0.15, 0.2) is 67.0 Å². The van der Waals surface area contributed by atoms with Crippen LogP contribution in [-0.4, -0.2) is 30.1 Å². The fraction of sp³-hybridized carbons (Fsp3) is 0.120. The van der Waals surface area contributed by atoms with Gasteiger partial charge in [-0.15, -0.1) is 11.3 Å². The number of thiophene rings is 1. The molecule has 6 nitrogen and oxygen atoms in total. The molecule has 2 N–H and O–H groups in total. The maximum Gasteiger partial charge on any atom is 0.159 e. The zero-order valence-corrected chi connectivity index (χ0v) is 18.7. The Morgan fingerprint density at radius 3 is 2.91 bits per heavy atom. The molecule has 7 heteroatoms. The molecule has 0 saturated heterocycles. The summed E-state index contributed by atoms with van der Waals surface area (Å²) in [6.07, 6.45) is 10.3. The van der Waals surface area contributed by atoms with Gasteiger partial charge in [0.25, 0.3) is 0 Å². The molecule has 0 aliphatic rings. The molecule has 0 aliphatic carbocycles. The maximum absolute atomic E-state index is 4.93. The standard InChI is InChI=1S/C25H22N6S/c1-4-7-18(22-8-6-9-32-22)23-15(3)28-25(29-23)24-19-11-20(27-14-21(19)30-31-24)17-10-16(5-2)12-26-13-17/h4,6-14H,1,5H2,2-3H3,(H,28,29)(H,30,31)/b18-7-. The van der Waals surface area contributed by atoms with Gasteiger partial charge in [0, 0.05) is 39.5 Å². The van der Waals surface area contributed by atoms with Crippen LogP contribution in [0.3, 0.4) is 0 Å². The molecular formula is C25H22N6S. The molecule has 0 aliphatic heterocycles. The minimum absolute atomic E-state index is 0.716. The van der Waals surface area contributed by atoms with Crippen molar-refractivity contribution < 1.29 is 0 Å². The molecule has 0 fully saturated rings. The van der Waals surface area contributed by atoms with E-state index in [0.717, 1.165) is 56.1 Å². The lowest BCUT2D eigenvalue weighted by Gasteiger charge is -2.03. The van der Waals surface area contributed by atoms with Crippen molar-refractivity contribution in [2.45, 2.75) is 20.3 Å². The Balaban J connectivity index is 1.60. The SMILES string of the molecule is C=C/C=C(/c1cccs1)c1nc(-c2n[nH]c3cnc(-c4cncc(CC)c4)cc23)[nH]c1C. The van der Waals surface area contributed by atoms with E-state index >= 15 is 0 Å². The van der Waals surface area contributed by atoms with Crippen LogP contribution in [0, 0.1) is 6.92 Å². The van der Waals surface area contributed by atoms with E-state index in [2.05, 4.69) is 56.2 Å².